The molecule has 7 heteroatoms. The first-order chi connectivity index (χ1) is 11.0. The average molecular weight is 313 g/mol. The summed E-state index contributed by atoms with van der Waals surface area (Å²) >= 11 is 0. The Kier molecular flexibility index (Phi) is 5.03. The Morgan fingerprint density at radius 2 is 1.78 bits per heavy atom. The van der Waals surface area contributed by atoms with Gasteiger partial charge in [0.05, 0.1) is 11.0 Å². The summed E-state index contributed by atoms with van der Waals surface area (Å²) in [5.41, 5.74) is 0.475. The molecule has 0 bridgehead atoms. The number of amides is 1. The van der Waals surface area contributed by atoms with Crippen molar-refractivity contribution in [3.63, 3.8) is 0 Å². The Hall–Kier alpha value is -3.22. The van der Waals surface area contributed by atoms with E-state index in [4.69, 9.17) is 0 Å². The number of carboxylic acids is 1. The van der Waals surface area contributed by atoms with E-state index in [1.54, 1.807) is 30.3 Å². The Balaban J connectivity index is 2.22. The quantitative estimate of drug-likeness (QED) is 0.636. The molecular formula is C16H13N2O5-. The molecule has 0 aromatic heterocycles. The van der Waals surface area contributed by atoms with Crippen molar-refractivity contribution in [2.45, 2.75) is 12.5 Å². The molecule has 2 aromatic carbocycles. The number of carbonyl (C=O) groups is 2. The number of rotatable bonds is 6. The van der Waals surface area contributed by atoms with Crippen LogP contribution in [-0.4, -0.2) is 16.8 Å². The lowest BCUT2D eigenvalue weighted by Gasteiger charge is -2.19. The van der Waals surface area contributed by atoms with Crippen molar-refractivity contribution < 1.29 is 19.6 Å². The molecule has 2 rings (SSSR count). The molecule has 7 nitrogen and oxygen atoms in total. The molecule has 0 radical (unpaired) electrons. The van der Waals surface area contributed by atoms with Crippen LogP contribution in [0.1, 0.15) is 28.4 Å². The van der Waals surface area contributed by atoms with Crippen LogP contribution in [0.5, 0.6) is 0 Å². The summed E-state index contributed by atoms with van der Waals surface area (Å²) in [5.74, 6) is -1.90. The highest BCUT2D eigenvalue weighted by Crippen LogP contribution is 2.18. The van der Waals surface area contributed by atoms with Crippen LogP contribution in [0.25, 0.3) is 0 Å². The van der Waals surface area contributed by atoms with Gasteiger partial charge < -0.3 is 15.2 Å². The molecule has 0 aliphatic carbocycles. The van der Waals surface area contributed by atoms with Crippen molar-refractivity contribution in [2.24, 2.45) is 0 Å². The summed E-state index contributed by atoms with van der Waals surface area (Å²) < 4.78 is 0. The Bertz CT molecular complexity index is 730. The van der Waals surface area contributed by atoms with E-state index in [2.05, 4.69) is 5.32 Å². The van der Waals surface area contributed by atoms with Gasteiger partial charge in [-0.2, -0.15) is 0 Å². The maximum absolute atomic E-state index is 12.2. The lowest BCUT2D eigenvalue weighted by molar-refractivity contribution is -0.384. The van der Waals surface area contributed by atoms with Gasteiger partial charge in [0.2, 0.25) is 0 Å². The molecule has 0 fully saturated rings. The topological polar surface area (TPSA) is 112 Å². The molecule has 0 aliphatic rings. The van der Waals surface area contributed by atoms with Crippen molar-refractivity contribution in [1.82, 2.24) is 5.32 Å². The van der Waals surface area contributed by atoms with Gasteiger partial charge in [0.25, 0.3) is 11.6 Å². The highest BCUT2D eigenvalue weighted by Gasteiger charge is 2.17. The normalized spacial score (nSPS) is 11.5. The molecule has 0 heterocycles. The number of nitrogens with zero attached hydrogens (tertiary/aromatic N) is 1. The van der Waals surface area contributed by atoms with E-state index in [-0.39, 0.29) is 11.3 Å². The number of nitro groups is 1. The van der Waals surface area contributed by atoms with Gasteiger partial charge in [0.1, 0.15) is 0 Å². The monoisotopic (exact) mass is 313 g/mol. The highest BCUT2D eigenvalue weighted by molar-refractivity contribution is 5.95. The van der Waals surface area contributed by atoms with Crippen LogP contribution in [0.4, 0.5) is 5.69 Å². The van der Waals surface area contributed by atoms with Crippen LogP contribution < -0.4 is 10.4 Å². The Morgan fingerprint density at radius 3 is 2.39 bits per heavy atom. The van der Waals surface area contributed by atoms with Crippen molar-refractivity contribution in [3.8, 4) is 0 Å². The number of benzene rings is 2. The van der Waals surface area contributed by atoms with Gasteiger partial charge in [-0.05, 0) is 11.6 Å². The van der Waals surface area contributed by atoms with Crippen molar-refractivity contribution in [3.05, 3.63) is 75.8 Å². The predicted molar refractivity (Wildman–Crippen MR) is 79.4 cm³/mol. The number of nitro benzene ring substituents is 1. The predicted octanol–water partition coefficient (Wildman–Crippen LogP) is 1.21. The van der Waals surface area contributed by atoms with Crippen LogP contribution >= 0.6 is 0 Å². The van der Waals surface area contributed by atoms with Crippen molar-refractivity contribution >= 4 is 17.6 Å². The second-order valence-electron chi connectivity index (χ2n) is 4.82. The van der Waals surface area contributed by atoms with Gasteiger partial charge in [0, 0.05) is 30.1 Å². The van der Waals surface area contributed by atoms with E-state index in [1.807, 2.05) is 0 Å². The largest absolute Gasteiger partial charge is 0.550 e. The molecular weight excluding hydrogens is 300 g/mol. The summed E-state index contributed by atoms with van der Waals surface area (Å²) in [5, 5.41) is 24.2. The fourth-order valence-electron chi connectivity index (χ4n) is 2.11. The molecule has 2 aromatic rings. The Morgan fingerprint density at radius 1 is 1.09 bits per heavy atom. The third-order valence-electron chi connectivity index (χ3n) is 3.20. The maximum Gasteiger partial charge on any atom is 0.270 e. The zero-order valence-electron chi connectivity index (χ0n) is 12.0. The lowest BCUT2D eigenvalue weighted by Crippen LogP contribution is -2.34. The molecule has 0 unspecified atom stereocenters. The van der Waals surface area contributed by atoms with Gasteiger partial charge in [0.15, 0.2) is 0 Å². The van der Waals surface area contributed by atoms with Gasteiger partial charge in [-0.25, -0.2) is 0 Å². The fraction of sp³-hybridized carbons (Fsp3) is 0.125. The van der Waals surface area contributed by atoms with Gasteiger partial charge in [-0.3, -0.25) is 14.9 Å². The summed E-state index contributed by atoms with van der Waals surface area (Å²) in [6, 6.07) is 13.0. The molecule has 0 saturated carbocycles. The van der Waals surface area contributed by atoms with E-state index in [0.29, 0.717) is 5.56 Å². The SMILES string of the molecule is O=C([O-])C[C@H](NC(=O)c1cccc([N+](=O)[O-])c1)c1ccccc1. The van der Waals surface area contributed by atoms with E-state index in [0.717, 1.165) is 6.07 Å². The van der Waals surface area contributed by atoms with Gasteiger partial charge in [-0.1, -0.05) is 36.4 Å². The summed E-state index contributed by atoms with van der Waals surface area (Å²) in [6.45, 7) is 0. The minimum atomic E-state index is -1.31. The van der Waals surface area contributed by atoms with Crippen molar-refractivity contribution in [1.29, 1.82) is 0 Å². The number of non-ortho nitro benzene ring substituents is 1. The number of nitrogens with one attached hydrogen (secondary N) is 1. The van der Waals surface area contributed by atoms with Crippen LogP contribution in [0.15, 0.2) is 54.6 Å². The van der Waals surface area contributed by atoms with E-state index >= 15 is 0 Å². The Labute approximate surface area is 131 Å². The first kappa shape index (κ1) is 16.2. The van der Waals surface area contributed by atoms with Crippen LogP contribution in [0.2, 0.25) is 0 Å². The second kappa shape index (κ2) is 7.17. The molecule has 118 valence electrons. The molecule has 0 aliphatic heterocycles. The number of hydrogen-bond acceptors (Lipinski definition) is 5. The lowest BCUT2D eigenvalue weighted by atomic mass is 10.0. The van der Waals surface area contributed by atoms with Gasteiger partial charge >= 0.3 is 0 Å². The summed E-state index contributed by atoms with van der Waals surface area (Å²) in [6.07, 6.45) is -0.398. The number of carboxylic acid groups (broad SMARTS) is 1. The van der Waals surface area contributed by atoms with Crippen LogP contribution in [0, 0.1) is 10.1 Å². The molecule has 1 atom stereocenters. The first-order valence-electron chi connectivity index (χ1n) is 6.77. The first-order valence-corrected chi connectivity index (χ1v) is 6.77. The minimum absolute atomic E-state index is 0.0819. The summed E-state index contributed by atoms with van der Waals surface area (Å²) in [7, 11) is 0. The van der Waals surface area contributed by atoms with Crippen molar-refractivity contribution in [2.75, 3.05) is 0 Å². The van der Waals surface area contributed by atoms with E-state index in [9.17, 15) is 24.8 Å². The summed E-state index contributed by atoms with van der Waals surface area (Å²) in [4.78, 5) is 33.3. The molecule has 0 spiro atoms. The third kappa shape index (κ3) is 4.37. The number of aliphatic carboxylic acids is 1. The van der Waals surface area contributed by atoms with E-state index < -0.39 is 29.3 Å². The fourth-order valence-corrected chi connectivity index (χ4v) is 2.11. The molecule has 1 amide bonds. The average Bonchev–Trinajstić information content (AvgIpc) is 2.54. The second-order valence-corrected chi connectivity index (χ2v) is 4.82. The van der Waals surface area contributed by atoms with Crippen LogP contribution in [-0.2, 0) is 4.79 Å². The smallest absolute Gasteiger partial charge is 0.270 e. The third-order valence-corrected chi connectivity index (χ3v) is 3.20. The number of hydrogen-bond donors (Lipinski definition) is 1. The highest BCUT2D eigenvalue weighted by atomic mass is 16.6. The zero-order chi connectivity index (χ0) is 16.8. The maximum atomic E-state index is 12.2. The van der Waals surface area contributed by atoms with Gasteiger partial charge in [-0.15, -0.1) is 0 Å². The zero-order valence-corrected chi connectivity index (χ0v) is 12.0. The minimum Gasteiger partial charge on any atom is -0.550 e. The molecule has 0 saturated heterocycles. The standard InChI is InChI=1S/C16H14N2O5/c19-15(20)10-14(11-5-2-1-3-6-11)17-16(21)12-7-4-8-13(9-12)18(22)23/h1-9,14H,10H2,(H,17,21)(H,19,20)/p-1/t14-/m0/s1. The van der Waals surface area contributed by atoms with Crippen LogP contribution in [0.3, 0.4) is 0 Å². The van der Waals surface area contributed by atoms with E-state index in [1.165, 1.54) is 18.2 Å². The number of carbonyl (C=O) groups excluding carboxylic acids is 2. The molecule has 1 N–H and O–H groups in total. The molecule has 23 heavy (non-hydrogen) atoms.